The highest BCUT2D eigenvalue weighted by molar-refractivity contribution is 7.56. The van der Waals surface area contributed by atoms with Crippen LogP contribution in [-0.2, 0) is 13.6 Å². The Hall–Kier alpha value is -1.93. The summed E-state index contributed by atoms with van der Waals surface area (Å²) in [5, 5.41) is 9.65. The highest BCUT2D eigenvalue weighted by atomic mass is 32.1. The third-order valence-electron chi connectivity index (χ3n) is 4.03. The number of ketones is 1. The highest BCUT2D eigenvalue weighted by Gasteiger charge is 2.65. The van der Waals surface area contributed by atoms with Gasteiger partial charge in [0.15, 0.2) is 0 Å². The molecule has 0 amide bonds. The molecule has 0 aliphatic rings. The van der Waals surface area contributed by atoms with E-state index in [1.54, 1.807) is 17.5 Å². The summed E-state index contributed by atoms with van der Waals surface area (Å²) in [5.41, 5.74) is -0.0745. The first-order valence-corrected chi connectivity index (χ1v) is 11.1. The molecule has 1 heterocycles. The van der Waals surface area contributed by atoms with E-state index in [1.807, 2.05) is 0 Å². The molecule has 2 aromatic rings. The number of hydrogen-bond acceptors (Lipinski definition) is 7. The van der Waals surface area contributed by atoms with Gasteiger partial charge in [-0.2, -0.15) is 0 Å². The van der Waals surface area contributed by atoms with Crippen LogP contribution in [0.15, 0.2) is 47.8 Å². The van der Waals surface area contributed by atoms with Crippen LogP contribution in [0.2, 0.25) is 0 Å². The Morgan fingerprint density at radius 3 is 2.29 bits per heavy atom. The number of benzene rings is 1. The molecule has 0 unspecified atom stereocenters. The molecular formula is C18H21FNO6PS. The van der Waals surface area contributed by atoms with Crippen molar-refractivity contribution >= 4 is 24.7 Å². The predicted molar refractivity (Wildman–Crippen MR) is 104 cm³/mol. The van der Waals surface area contributed by atoms with Crippen molar-refractivity contribution in [1.29, 1.82) is 0 Å². The Morgan fingerprint density at radius 2 is 1.82 bits per heavy atom. The van der Waals surface area contributed by atoms with Crippen molar-refractivity contribution < 1.29 is 27.7 Å². The van der Waals surface area contributed by atoms with Gasteiger partial charge in [0.1, 0.15) is 5.92 Å². The van der Waals surface area contributed by atoms with E-state index >= 15 is 4.39 Å². The Morgan fingerprint density at radius 1 is 1.21 bits per heavy atom. The maximum atomic E-state index is 16.7. The molecule has 1 aromatic heterocycles. The lowest BCUT2D eigenvalue weighted by Crippen LogP contribution is -2.44. The van der Waals surface area contributed by atoms with E-state index in [0.29, 0.717) is 0 Å². The second-order valence-electron chi connectivity index (χ2n) is 5.78. The summed E-state index contributed by atoms with van der Waals surface area (Å²) in [5.74, 6) is -2.81. The first kappa shape index (κ1) is 22.4. The lowest BCUT2D eigenvalue weighted by atomic mass is 9.93. The average Bonchev–Trinajstić information content (AvgIpc) is 3.20. The fourth-order valence-electron chi connectivity index (χ4n) is 2.87. The monoisotopic (exact) mass is 429 g/mol. The molecule has 0 saturated heterocycles. The zero-order valence-electron chi connectivity index (χ0n) is 15.4. The second-order valence-corrected chi connectivity index (χ2v) is 8.93. The van der Waals surface area contributed by atoms with Crippen molar-refractivity contribution in [3.63, 3.8) is 0 Å². The van der Waals surface area contributed by atoms with Crippen molar-refractivity contribution in [2.24, 2.45) is 0 Å². The van der Waals surface area contributed by atoms with Gasteiger partial charge in [0.2, 0.25) is 12.3 Å². The number of halogens is 1. The minimum atomic E-state index is -4.73. The number of nitrogens with zero attached hydrogens (tertiary/aromatic N) is 1. The largest absolute Gasteiger partial charge is 0.376 e. The van der Waals surface area contributed by atoms with Gasteiger partial charge in [0.25, 0.3) is 5.41 Å². The number of Topliss-reactive ketones (excluding diaryl/α,β-unsaturated/α-hetero) is 1. The molecular weight excluding hydrogens is 408 g/mol. The zero-order chi connectivity index (χ0) is 20.8. The van der Waals surface area contributed by atoms with Crippen molar-refractivity contribution in [3.8, 4) is 0 Å². The smallest absolute Gasteiger partial charge is 0.306 e. The van der Waals surface area contributed by atoms with Gasteiger partial charge < -0.3 is 9.05 Å². The Labute approximate surface area is 166 Å². The van der Waals surface area contributed by atoms with Gasteiger partial charge in [0.05, 0.1) is 13.2 Å². The van der Waals surface area contributed by atoms with Gasteiger partial charge in [-0.15, -0.1) is 11.3 Å². The van der Waals surface area contributed by atoms with Crippen LogP contribution in [0.5, 0.6) is 0 Å². The molecule has 28 heavy (non-hydrogen) atoms. The third-order valence-corrected chi connectivity index (χ3v) is 7.53. The summed E-state index contributed by atoms with van der Waals surface area (Å²) in [4.78, 5) is 24.0. The summed E-state index contributed by atoms with van der Waals surface area (Å²) in [6, 6.07) is 10.4. The van der Waals surface area contributed by atoms with Gasteiger partial charge in [-0.25, -0.2) is 4.39 Å². The van der Waals surface area contributed by atoms with E-state index in [0.717, 1.165) is 11.3 Å². The van der Waals surface area contributed by atoms with Gasteiger partial charge in [0, 0.05) is 15.4 Å². The Bertz CT molecular complexity index is 837. The number of alkyl halides is 1. The lowest BCUT2D eigenvalue weighted by Gasteiger charge is -2.35. The number of carbonyl (C=O) groups excluding carboxylic acids is 1. The average molecular weight is 429 g/mol. The summed E-state index contributed by atoms with van der Waals surface area (Å²) in [7, 11) is -4.73. The maximum absolute atomic E-state index is 16.7. The van der Waals surface area contributed by atoms with Crippen LogP contribution >= 0.6 is 18.9 Å². The summed E-state index contributed by atoms with van der Waals surface area (Å²) in [6.45, 7) is 1.63. The van der Waals surface area contributed by atoms with E-state index in [-0.39, 0.29) is 23.7 Å². The fraction of sp³-hybridized carbons (Fsp3) is 0.389. The topological polar surface area (TPSA) is 95.7 Å². The predicted octanol–water partition coefficient (Wildman–Crippen LogP) is 4.92. The highest BCUT2D eigenvalue weighted by Crippen LogP contribution is 2.67. The minimum Gasteiger partial charge on any atom is -0.306 e. The van der Waals surface area contributed by atoms with Gasteiger partial charge >= 0.3 is 7.60 Å². The number of hydrogen-bond donors (Lipinski definition) is 0. The summed E-state index contributed by atoms with van der Waals surface area (Å²) < 4.78 is 40.5. The quantitative estimate of drug-likeness (QED) is 0.218. The van der Waals surface area contributed by atoms with Crippen LogP contribution in [0.3, 0.4) is 0 Å². The molecule has 0 N–H and O–H groups in total. The zero-order valence-corrected chi connectivity index (χ0v) is 17.2. The van der Waals surface area contributed by atoms with Gasteiger partial charge in [-0.05, 0) is 25.3 Å². The maximum Gasteiger partial charge on any atom is 0.376 e. The number of thiophene rings is 1. The normalized spacial score (nSPS) is 15.0. The molecule has 152 valence electrons. The van der Waals surface area contributed by atoms with Gasteiger partial charge in [-0.3, -0.25) is 19.5 Å². The fourth-order valence-corrected chi connectivity index (χ4v) is 5.94. The minimum absolute atomic E-state index is 0.0745. The molecule has 0 fully saturated rings. The molecule has 7 nitrogen and oxygen atoms in total. The van der Waals surface area contributed by atoms with Crippen molar-refractivity contribution in [2.75, 3.05) is 19.8 Å². The third kappa shape index (κ3) is 4.38. The number of carbonyl (C=O) groups is 1. The lowest BCUT2D eigenvalue weighted by molar-refractivity contribution is -0.484. The number of rotatable bonds is 11. The molecule has 0 aliphatic heterocycles. The molecule has 0 saturated carbocycles. The van der Waals surface area contributed by atoms with E-state index in [2.05, 4.69) is 0 Å². The molecule has 2 atom stereocenters. The summed E-state index contributed by atoms with van der Waals surface area (Å²) >= 11 is 1.04. The van der Waals surface area contributed by atoms with Crippen molar-refractivity contribution in [3.05, 3.63) is 68.4 Å². The molecule has 0 aliphatic carbocycles. The first-order valence-electron chi connectivity index (χ1n) is 8.63. The van der Waals surface area contributed by atoms with Crippen LogP contribution in [-0.4, -0.2) is 35.9 Å². The van der Waals surface area contributed by atoms with E-state index < -0.39 is 36.2 Å². The van der Waals surface area contributed by atoms with Crippen molar-refractivity contribution in [1.82, 2.24) is 0 Å². The molecule has 1 aromatic carbocycles. The first-order chi connectivity index (χ1) is 13.3. The van der Waals surface area contributed by atoms with Crippen LogP contribution < -0.4 is 0 Å². The standard InChI is InChI=1S/C18H21FNO6PS/c1-3-25-27(24,26-4-2)18(19,17(21)14-9-6-5-7-10-14)15(13-20(22)23)16-11-8-12-28-16/h5-12,15H,3-4,13H2,1-2H3/t15-,18+/m0/s1. The summed E-state index contributed by atoms with van der Waals surface area (Å²) in [6.07, 6.45) is 0. The SMILES string of the molecule is CCOP(=O)(OCC)[C@@](F)(C(=O)c1ccccc1)[C@@H](C[N+](=O)[O-])c1cccs1. The van der Waals surface area contributed by atoms with Gasteiger partial charge in [-0.1, -0.05) is 36.4 Å². The second kappa shape index (κ2) is 9.52. The number of nitro groups is 1. The van der Waals surface area contributed by atoms with E-state index in [9.17, 15) is 19.5 Å². The van der Waals surface area contributed by atoms with Crippen LogP contribution in [0.1, 0.15) is 35.0 Å². The Balaban J connectivity index is 2.74. The Kier molecular flexibility index (Phi) is 7.60. The van der Waals surface area contributed by atoms with E-state index in [1.165, 1.54) is 44.2 Å². The molecule has 0 spiro atoms. The van der Waals surface area contributed by atoms with Crippen LogP contribution in [0, 0.1) is 10.1 Å². The van der Waals surface area contributed by atoms with Crippen molar-refractivity contribution in [2.45, 2.75) is 25.2 Å². The molecule has 2 rings (SSSR count). The van der Waals surface area contributed by atoms with E-state index in [4.69, 9.17) is 9.05 Å². The van der Waals surface area contributed by atoms with Crippen LogP contribution in [0.25, 0.3) is 0 Å². The molecule has 10 heteroatoms. The van der Waals surface area contributed by atoms with Crippen LogP contribution in [0.4, 0.5) is 4.39 Å². The molecule has 0 radical (unpaired) electrons. The molecule has 0 bridgehead atoms.